The SMILES string of the molecule is COC[C@@H]1CCCN1c1sc(C(F)(F)F)nc1C(=N)OC(=N)N[C@H]1N=C(c2ccccc2)c2ccccc2NC1=O. The Morgan fingerprint density at radius 3 is 2.63 bits per heavy atom. The Morgan fingerprint density at radius 2 is 1.90 bits per heavy atom. The van der Waals surface area contributed by atoms with E-state index in [4.69, 9.17) is 20.3 Å². The topological polar surface area (TPSA) is 136 Å². The van der Waals surface area contributed by atoms with E-state index < -0.39 is 35.2 Å². The number of para-hydroxylation sites is 1. The summed E-state index contributed by atoms with van der Waals surface area (Å²) < 4.78 is 51.3. The maximum atomic E-state index is 13.6. The molecule has 1 aromatic heterocycles. The Kier molecular flexibility index (Phi) is 8.03. The van der Waals surface area contributed by atoms with Gasteiger partial charge in [0.25, 0.3) is 11.9 Å². The average Bonchev–Trinajstić information content (AvgIpc) is 3.56. The van der Waals surface area contributed by atoms with E-state index in [9.17, 15) is 18.0 Å². The molecule has 2 aromatic carbocycles. The lowest BCUT2D eigenvalue weighted by molar-refractivity contribution is -0.137. The first-order valence-electron chi connectivity index (χ1n) is 12.6. The number of aliphatic imine (C=N–C) groups is 1. The van der Waals surface area contributed by atoms with E-state index in [1.807, 2.05) is 36.4 Å². The van der Waals surface area contributed by atoms with Crippen molar-refractivity contribution in [3.8, 4) is 0 Å². The first kappa shape index (κ1) is 28.2. The summed E-state index contributed by atoms with van der Waals surface area (Å²) in [4.78, 5) is 23.0. The van der Waals surface area contributed by atoms with Crippen molar-refractivity contribution in [2.75, 3.05) is 30.5 Å². The smallest absolute Gasteiger partial charge is 0.405 e. The van der Waals surface area contributed by atoms with Gasteiger partial charge in [-0.2, -0.15) is 13.2 Å². The zero-order chi connectivity index (χ0) is 29.1. The lowest BCUT2D eigenvalue weighted by Crippen LogP contribution is -2.43. The molecule has 5 rings (SSSR count). The number of nitrogens with zero attached hydrogens (tertiary/aromatic N) is 3. The summed E-state index contributed by atoms with van der Waals surface area (Å²) in [6.45, 7) is 0.758. The number of rotatable bonds is 6. The minimum Gasteiger partial charge on any atom is -0.405 e. The van der Waals surface area contributed by atoms with Crippen LogP contribution < -0.4 is 15.5 Å². The van der Waals surface area contributed by atoms with Crippen LogP contribution in [0.3, 0.4) is 0 Å². The molecule has 0 saturated carbocycles. The minimum absolute atomic E-state index is 0.113. The van der Waals surface area contributed by atoms with Crippen LogP contribution >= 0.6 is 11.3 Å². The highest BCUT2D eigenvalue weighted by atomic mass is 32.1. The second kappa shape index (κ2) is 11.7. The van der Waals surface area contributed by atoms with Gasteiger partial charge in [-0.3, -0.25) is 15.6 Å². The summed E-state index contributed by atoms with van der Waals surface area (Å²) in [5.74, 6) is -1.35. The summed E-state index contributed by atoms with van der Waals surface area (Å²) in [6, 6.07) is 15.3. The van der Waals surface area contributed by atoms with Crippen molar-refractivity contribution in [3.05, 3.63) is 76.4 Å². The highest BCUT2D eigenvalue weighted by Gasteiger charge is 2.40. The van der Waals surface area contributed by atoms with Crippen molar-refractivity contribution in [3.63, 3.8) is 0 Å². The molecule has 0 radical (unpaired) electrons. The second-order valence-electron chi connectivity index (χ2n) is 9.30. The number of fused-ring (bicyclic) bond motifs is 1. The quantitative estimate of drug-likeness (QED) is 0.249. The van der Waals surface area contributed by atoms with Crippen LogP contribution in [-0.2, 0) is 20.4 Å². The second-order valence-corrected chi connectivity index (χ2v) is 10.3. The highest BCUT2D eigenvalue weighted by molar-refractivity contribution is 7.16. The third-order valence-electron chi connectivity index (χ3n) is 6.53. The number of carbonyl (C=O) groups is 1. The van der Waals surface area contributed by atoms with E-state index in [1.54, 1.807) is 23.1 Å². The van der Waals surface area contributed by atoms with Crippen LogP contribution in [0.1, 0.15) is 34.7 Å². The van der Waals surface area contributed by atoms with Crippen LogP contribution in [0.25, 0.3) is 0 Å². The molecule has 41 heavy (non-hydrogen) atoms. The Hall–Kier alpha value is -4.30. The maximum absolute atomic E-state index is 13.6. The molecule has 4 N–H and O–H groups in total. The fourth-order valence-electron chi connectivity index (χ4n) is 4.73. The zero-order valence-electron chi connectivity index (χ0n) is 21.8. The van der Waals surface area contributed by atoms with E-state index in [2.05, 4.69) is 20.6 Å². The third-order valence-corrected chi connectivity index (χ3v) is 7.67. The van der Waals surface area contributed by atoms with Crippen LogP contribution in [0.2, 0.25) is 0 Å². The van der Waals surface area contributed by atoms with E-state index in [1.165, 1.54) is 7.11 Å². The minimum atomic E-state index is -4.73. The van der Waals surface area contributed by atoms with Crippen LogP contribution in [-0.4, -0.2) is 61.0 Å². The van der Waals surface area contributed by atoms with E-state index >= 15 is 0 Å². The number of carbonyl (C=O) groups excluding carboxylic acids is 1. The molecule has 3 heterocycles. The van der Waals surface area contributed by atoms with Crippen molar-refractivity contribution in [2.24, 2.45) is 4.99 Å². The number of nitrogens with one attached hydrogen (secondary N) is 4. The normalized spacial score (nSPS) is 18.7. The number of anilines is 2. The Balaban J connectivity index is 1.40. The van der Waals surface area contributed by atoms with E-state index in [0.29, 0.717) is 47.9 Å². The molecule has 3 aromatic rings. The molecule has 1 amide bonds. The van der Waals surface area contributed by atoms with Gasteiger partial charge in [-0.15, -0.1) is 0 Å². The fraction of sp³-hybridized carbons (Fsp3) is 0.296. The number of amidine groups is 1. The molecular weight excluding hydrogens is 559 g/mol. The van der Waals surface area contributed by atoms with Crippen molar-refractivity contribution in [1.29, 1.82) is 10.8 Å². The molecule has 10 nitrogen and oxygen atoms in total. The zero-order valence-corrected chi connectivity index (χ0v) is 22.6. The van der Waals surface area contributed by atoms with Gasteiger partial charge >= 0.3 is 6.18 Å². The Labute approximate surface area is 237 Å². The number of methoxy groups -OCH3 is 1. The van der Waals surface area contributed by atoms with Gasteiger partial charge in [-0.25, -0.2) is 9.98 Å². The van der Waals surface area contributed by atoms with E-state index in [-0.39, 0.29) is 16.7 Å². The standard InChI is InChI=1S/C27H26F3N7O3S/c1-39-14-16-10-7-13-37(16)24-20(35-25(41-24)27(28,29)30)21(31)40-26(32)36-22-23(38)33-18-12-6-5-11-17(18)19(34-22)15-8-3-2-4-9-15/h2-6,8-9,11-12,16,22,31H,7,10,13-14H2,1H3,(H2,32,36)(H,33,38)/t16-,22+/m0/s1. The summed E-state index contributed by atoms with van der Waals surface area (Å²) in [5, 5.41) is 21.0. The van der Waals surface area contributed by atoms with Gasteiger partial charge in [0.1, 0.15) is 5.00 Å². The van der Waals surface area contributed by atoms with Crippen LogP contribution in [0.15, 0.2) is 59.6 Å². The number of benzodiazepines with no additional fused rings is 1. The average molecular weight is 586 g/mol. The van der Waals surface area contributed by atoms with Crippen molar-refractivity contribution in [1.82, 2.24) is 10.3 Å². The fourth-order valence-corrected chi connectivity index (χ4v) is 5.76. The molecule has 2 aliphatic heterocycles. The van der Waals surface area contributed by atoms with Gasteiger partial charge < -0.3 is 25.0 Å². The van der Waals surface area contributed by atoms with Crippen LogP contribution in [0.5, 0.6) is 0 Å². The number of ether oxygens (including phenoxy) is 2. The predicted octanol–water partition coefficient (Wildman–Crippen LogP) is 4.46. The first-order valence-corrected chi connectivity index (χ1v) is 13.5. The number of halogens is 3. The molecule has 0 bridgehead atoms. The number of alkyl halides is 3. The molecule has 1 fully saturated rings. The predicted molar refractivity (Wildman–Crippen MR) is 149 cm³/mol. The van der Waals surface area contributed by atoms with E-state index in [0.717, 1.165) is 12.0 Å². The molecule has 1 saturated heterocycles. The van der Waals surface area contributed by atoms with Crippen molar-refractivity contribution >= 4 is 45.6 Å². The largest absolute Gasteiger partial charge is 0.443 e. The molecule has 2 atom stereocenters. The lowest BCUT2D eigenvalue weighted by Gasteiger charge is -2.25. The first-order chi connectivity index (χ1) is 19.7. The molecule has 214 valence electrons. The highest BCUT2D eigenvalue weighted by Crippen LogP contribution is 2.41. The monoisotopic (exact) mass is 585 g/mol. The number of benzene rings is 2. The van der Waals surface area contributed by atoms with Crippen LogP contribution in [0, 0.1) is 10.8 Å². The summed E-state index contributed by atoms with van der Waals surface area (Å²) in [5.41, 5.74) is 2.05. The van der Waals surface area contributed by atoms with Gasteiger partial charge in [0, 0.05) is 24.8 Å². The van der Waals surface area contributed by atoms with Gasteiger partial charge in [-0.05, 0) is 18.9 Å². The molecule has 0 unspecified atom stereocenters. The molecule has 0 aliphatic carbocycles. The summed E-state index contributed by atoms with van der Waals surface area (Å²) in [7, 11) is 1.51. The number of thiazole rings is 1. The molecule has 0 spiro atoms. The summed E-state index contributed by atoms with van der Waals surface area (Å²) in [6.07, 6.45) is -4.61. The van der Waals surface area contributed by atoms with Crippen LogP contribution in [0.4, 0.5) is 23.9 Å². The van der Waals surface area contributed by atoms with Crippen molar-refractivity contribution < 1.29 is 27.4 Å². The maximum Gasteiger partial charge on any atom is 0.443 e. The molecule has 2 aliphatic rings. The number of aromatic nitrogens is 1. The number of hydrogen-bond acceptors (Lipinski definition) is 9. The van der Waals surface area contributed by atoms with Crippen molar-refractivity contribution in [2.45, 2.75) is 31.2 Å². The number of hydrogen-bond donors (Lipinski definition) is 4. The van der Waals surface area contributed by atoms with Gasteiger partial charge in [0.05, 0.1) is 24.0 Å². The number of amides is 1. The lowest BCUT2D eigenvalue weighted by atomic mass is 10.0. The summed E-state index contributed by atoms with van der Waals surface area (Å²) >= 11 is 0.415. The Morgan fingerprint density at radius 1 is 1.17 bits per heavy atom. The Bertz CT molecular complexity index is 1490. The third kappa shape index (κ3) is 6.07. The van der Waals surface area contributed by atoms with Gasteiger partial charge in [0.2, 0.25) is 17.1 Å². The molecular formula is C27H26F3N7O3S. The van der Waals surface area contributed by atoms with Gasteiger partial charge in [0.15, 0.2) is 5.69 Å². The molecule has 14 heteroatoms. The van der Waals surface area contributed by atoms with Gasteiger partial charge in [-0.1, -0.05) is 59.9 Å².